The number of rotatable bonds is 42. The highest BCUT2D eigenvalue weighted by Crippen LogP contribution is 2.38. The molecule has 0 aromatic heterocycles. The zero-order valence-corrected chi connectivity index (χ0v) is 35.8. The summed E-state index contributed by atoms with van der Waals surface area (Å²) in [5.41, 5.74) is -1.74. The van der Waals surface area contributed by atoms with Crippen LogP contribution in [0.1, 0.15) is 219 Å². The summed E-state index contributed by atoms with van der Waals surface area (Å²) in [7, 11) is -5.71. The zero-order valence-electron chi connectivity index (χ0n) is 34.0. The van der Waals surface area contributed by atoms with Crippen molar-refractivity contribution in [1.29, 1.82) is 0 Å². The lowest BCUT2D eigenvalue weighted by atomic mass is 9.81. The van der Waals surface area contributed by atoms with Gasteiger partial charge in [-0.2, -0.15) is 0 Å². The first-order chi connectivity index (χ1) is 25.7. The van der Waals surface area contributed by atoms with E-state index >= 15 is 0 Å². The van der Waals surface area contributed by atoms with Crippen molar-refractivity contribution >= 4 is 29.0 Å². The van der Waals surface area contributed by atoms with Crippen LogP contribution in [0.15, 0.2) is 0 Å². The smallest absolute Gasteiger partial charge is 0.327 e. The number of aliphatic hydroxyl groups excluding tert-OH is 1. The maximum Gasteiger partial charge on any atom is 0.327 e. The van der Waals surface area contributed by atoms with Gasteiger partial charge in [0.05, 0.1) is 25.2 Å². The molecule has 0 amide bonds. The van der Waals surface area contributed by atoms with Crippen molar-refractivity contribution in [3.63, 3.8) is 0 Å². The largest absolute Gasteiger partial charge is 0.453 e. The number of ether oxygens (including phenoxy) is 1. The lowest BCUT2D eigenvalue weighted by Crippen LogP contribution is -2.52. The number of hydrogen-bond donors (Lipinski definition) is 5. The zero-order chi connectivity index (χ0) is 39.3. The SMILES string of the molecule is CCCCCCCCCCCCCCCCCC(=O)OC(C(=O)CCCCCCCCCCCCCCCCC)C(CO)(COP(O)O)COP(O)O. The Kier molecular flexibility index (Phi) is 38.4. The van der Waals surface area contributed by atoms with Gasteiger partial charge >= 0.3 is 23.2 Å². The number of unbranched alkanes of at least 4 members (excludes halogenated alkanes) is 28. The normalized spacial score (nSPS) is 12.6. The number of carbonyl (C=O) groups excluding carboxylic acids is 2. The summed E-state index contributed by atoms with van der Waals surface area (Å²) in [6.45, 7) is 2.54. The minimum atomic E-state index is -2.85. The third-order valence-electron chi connectivity index (χ3n) is 10.4. The Bertz CT molecular complexity index is 806. The molecule has 316 valence electrons. The van der Waals surface area contributed by atoms with Gasteiger partial charge in [-0.25, -0.2) is 0 Å². The quantitative estimate of drug-likeness (QED) is 0.0228. The van der Waals surface area contributed by atoms with Gasteiger partial charge in [0.2, 0.25) is 0 Å². The van der Waals surface area contributed by atoms with Crippen LogP contribution in [0.4, 0.5) is 0 Å². The average molecular weight is 797 g/mol. The van der Waals surface area contributed by atoms with E-state index in [-0.39, 0.29) is 12.8 Å². The second-order valence-corrected chi connectivity index (χ2v) is 16.8. The highest BCUT2D eigenvalue weighted by molar-refractivity contribution is 7.39. The van der Waals surface area contributed by atoms with E-state index in [1.807, 2.05) is 0 Å². The molecule has 0 aromatic rings. The molecule has 0 spiro atoms. The molecule has 53 heavy (non-hydrogen) atoms. The van der Waals surface area contributed by atoms with Gasteiger partial charge in [-0.3, -0.25) is 9.59 Å². The molecule has 10 nitrogen and oxygen atoms in total. The van der Waals surface area contributed by atoms with Gasteiger partial charge in [0, 0.05) is 12.8 Å². The van der Waals surface area contributed by atoms with E-state index in [1.165, 1.54) is 141 Å². The minimum absolute atomic E-state index is 0.0942. The third kappa shape index (κ3) is 32.5. The molecule has 0 saturated carbocycles. The molecule has 0 heterocycles. The van der Waals surface area contributed by atoms with E-state index in [2.05, 4.69) is 13.8 Å². The van der Waals surface area contributed by atoms with Crippen LogP contribution in [0.3, 0.4) is 0 Å². The van der Waals surface area contributed by atoms with Gasteiger partial charge in [0.1, 0.15) is 0 Å². The molecule has 0 aliphatic rings. The first kappa shape index (κ1) is 52.7. The van der Waals surface area contributed by atoms with Gasteiger partial charge in [0.25, 0.3) is 0 Å². The van der Waals surface area contributed by atoms with E-state index in [0.717, 1.165) is 38.5 Å². The molecule has 0 saturated heterocycles. The standard InChI is InChI=1S/C41H82O10P2/c1-3-5-7-9-11-13-15-17-19-21-23-25-27-29-31-33-38(43)40(41(35-42,36-49-52(45)46)37-50-53(47)48)51-39(44)34-32-30-28-26-24-22-20-18-16-14-12-10-8-6-4-2/h40,42,45-48H,3-37H2,1-2H3. The Morgan fingerprint density at radius 3 is 1.04 bits per heavy atom. The molecule has 0 aromatic carbocycles. The Hall–Kier alpha value is -0.280. The molecular formula is C41H82O10P2. The maximum atomic E-state index is 13.6. The number of ketones is 1. The van der Waals surface area contributed by atoms with Crippen LogP contribution in [-0.2, 0) is 23.4 Å². The Labute approximate surface area is 326 Å². The predicted molar refractivity (Wildman–Crippen MR) is 218 cm³/mol. The first-order valence-corrected chi connectivity index (χ1v) is 24.0. The Morgan fingerprint density at radius 2 is 0.755 bits per heavy atom. The van der Waals surface area contributed by atoms with Crippen LogP contribution in [0.5, 0.6) is 0 Å². The average Bonchev–Trinajstić information content (AvgIpc) is 3.14. The molecule has 1 unspecified atom stereocenters. The van der Waals surface area contributed by atoms with Crippen LogP contribution >= 0.6 is 17.2 Å². The van der Waals surface area contributed by atoms with Crippen LogP contribution in [0.2, 0.25) is 0 Å². The molecule has 5 N–H and O–H groups in total. The monoisotopic (exact) mass is 797 g/mol. The van der Waals surface area contributed by atoms with Crippen molar-refractivity contribution in [3.8, 4) is 0 Å². The summed E-state index contributed by atoms with van der Waals surface area (Å²) >= 11 is 0. The van der Waals surface area contributed by atoms with Gasteiger partial charge in [-0.05, 0) is 12.8 Å². The van der Waals surface area contributed by atoms with Crippen LogP contribution in [0.25, 0.3) is 0 Å². The summed E-state index contributed by atoms with van der Waals surface area (Å²) in [5.74, 6) is -1.04. The summed E-state index contributed by atoms with van der Waals surface area (Å²) in [6, 6.07) is 0. The number of carbonyl (C=O) groups is 2. The maximum absolute atomic E-state index is 13.6. The van der Waals surface area contributed by atoms with Crippen molar-refractivity contribution in [2.45, 2.75) is 225 Å². The highest BCUT2D eigenvalue weighted by Gasteiger charge is 2.47. The topological polar surface area (TPSA) is 163 Å². The fourth-order valence-electron chi connectivity index (χ4n) is 6.90. The number of hydrogen-bond acceptors (Lipinski definition) is 10. The van der Waals surface area contributed by atoms with Crippen molar-refractivity contribution in [2.75, 3.05) is 19.8 Å². The molecule has 0 aliphatic heterocycles. The molecular weight excluding hydrogens is 714 g/mol. The van der Waals surface area contributed by atoms with Crippen LogP contribution in [0, 0.1) is 5.41 Å². The van der Waals surface area contributed by atoms with Gasteiger partial charge in [0.15, 0.2) is 11.9 Å². The first-order valence-electron chi connectivity index (χ1n) is 21.7. The van der Waals surface area contributed by atoms with Crippen LogP contribution in [-0.4, -0.2) is 62.4 Å². The highest BCUT2D eigenvalue weighted by atomic mass is 31.2. The molecule has 1 atom stereocenters. The van der Waals surface area contributed by atoms with Crippen LogP contribution < -0.4 is 0 Å². The predicted octanol–water partition coefficient (Wildman–Crippen LogP) is 11.4. The fraction of sp³-hybridized carbons (Fsp3) is 0.951. The van der Waals surface area contributed by atoms with E-state index in [9.17, 15) is 34.3 Å². The fourth-order valence-corrected chi connectivity index (χ4v) is 7.65. The molecule has 0 bridgehead atoms. The second kappa shape index (κ2) is 38.6. The van der Waals surface area contributed by atoms with E-state index in [1.54, 1.807) is 0 Å². The lowest BCUT2D eigenvalue weighted by molar-refractivity contribution is -0.171. The third-order valence-corrected chi connectivity index (χ3v) is 11.1. The lowest BCUT2D eigenvalue weighted by Gasteiger charge is -2.37. The Morgan fingerprint density at radius 1 is 0.472 bits per heavy atom. The van der Waals surface area contributed by atoms with Crippen molar-refractivity contribution < 1.29 is 48.1 Å². The second-order valence-electron chi connectivity index (χ2n) is 15.3. The van der Waals surface area contributed by atoms with Gasteiger partial charge in [-0.15, -0.1) is 0 Å². The number of esters is 1. The molecule has 0 radical (unpaired) electrons. The van der Waals surface area contributed by atoms with E-state index in [0.29, 0.717) is 12.8 Å². The van der Waals surface area contributed by atoms with Gasteiger partial charge in [-0.1, -0.05) is 194 Å². The van der Waals surface area contributed by atoms with Crippen molar-refractivity contribution in [2.24, 2.45) is 5.41 Å². The molecule has 0 aliphatic carbocycles. The van der Waals surface area contributed by atoms with E-state index in [4.69, 9.17) is 13.8 Å². The molecule has 12 heteroatoms. The number of Topliss-reactive ketones (excluding diaryl/α,β-unsaturated/α-hetero) is 1. The van der Waals surface area contributed by atoms with Crippen molar-refractivity contribution in [1.82, 2.24) is 0 Å². The Balaban J connectivity index is 4.69. The summed E-state index contributed by atoms with van der Waals surface area (Å²) in [5, 5.41) is 10.4. The summed E-state index contributed by atoms with van der Waals surface area (Å²) in [4.78, 5) is 64.3. The minimum Gasteiger partial charge on any atom is -0.453 e. The van der Waals surface area contributed by atoms with E-state index < -0.39 is 60.3 Å². The van der Waals surface area contributed by atoms with Gasteiger partial charge < -0.3 is 38.5 Å². The summed E-state index contributed by atoms with van der Waals surface area (Å²) < 4.78 is 15.7. The molecule has 0 rings (SSSR count). The summed E-state index contributed by atoms with van der Waals surface area (Å²) in [6.07, 6.45) is 34.5. The number of aliphatic hydroxyl groups is 1. The van der Waals surface area contributed by atoms with Crippen molar-refractivity contribution in [3.05, 3.63) is 0 Å². The molecule has 0 fully saturated rings.